The number of halogens is 1. The van der Waals surface area contributed by atoms with Crippen LogP contribution in [0, 0.1) is 5.92 Å². The molecule has 1 rings (SSSR count). The van der Waals surface area contributed by atoms with E-state index in [1.807, 2.05) is 13.8 Å². The number of nitrogens with two attached hydrogens (primary N) is 1. The molecule has 6 heteroatoms. The van der Waals surface area contributed by atoms with Crippen molar-refractivity contribution in [2.75, 3.05) is 19.5 Å². The number of hydrogen-bond donors (Lipinski definition) is 2. The minimum atomic E-state index is -0.540. The summed E-state index contributed by atoms with van der Waals surface area (Å²) in [5.41, 5.74) is 6.38. The highest BCUT2D eigenvalue weighted by atomic mass is 35.5. The molecule has 1 aromatic carbocycles. The van der Waals surface area contributed by atoms with E-state index in [1.165, 1.54) is 0 Å². The number of methoxy groups -OCH3 is 2. The Labute approximate surface area is 119 Å². The summed E-state index contributed by atoms with van der Waals surface area (Å²) in [5, 5.41) is 2.75. The van der Waals surface area contributed by atoms with Gasteiger partial charge in [0, 0.05) is 23.9 Å². The van der Waals surface area contributed by atoms with E-state index < -0.39 is 6.04 Å². The molecule has 1 aromatic rings. The van der Waals surface area contributed by atoms with Gasteiger partial charge in [-0.2, -0.15) is 0 Å². The van der Waals surface area contributed by atoms with Gasteiger partial charge in [0.15, 0.2) is 0 Å². The van der Waals surface area contributed by atoms with Crippen molar-refractivity contribution in [1.82, 2.24) is 0 Å². The van der Waals surface area contributed by atoms with Gasteiger partial charge in [0.1, 0.15) is 11.5 Å². The van der Waals surface area contributed by atoms with Gasteiger partial charge >= 0.3 is 0 Å². The van der Waals surface area contributed by atoms with Crippen LogP contribution >= 0.6 is 12.4 Å². The molecule has 19 heavy (non-hydrogen) atoms. The van der Waals surface area contributed by atoms with Gasteiger partial charge in [-0.25, -0.2) is 0 Å². The number of ether oxygens (including phenoxy) is 2. The number of benzene rings is 1. The van der Waals surface area contributed by atoms with Gasteiger partial charge in [0.25, 0.3) is 0 Å². The molecule has 108 valence electrons. The molecule has 0 heterocycles. The Hall–Kier alpha value is -1.46. The van der Waals surface area contributed by atoms with Crippen molar-refractivity contribution < 1.29 is 14.3 Å². The lowest BCUT2D eigenvalue weighted by Crippen LogP contribution is -2.39. The Kier molecular flexibility index (Phi) is 7.26. The van der Waals surface area contributed by atoms with Crippen LogP contribution in [0.15, 0.2) is 18.2 Å². The summed E-state index contributed by atoms with van der Waals surface area (Å²) in [5.74, 6) is 1.09. The van der Waals surface area contributed by atoms with Crippen molar-refractivity contribution >= 4 is 24.0 Å². The van der Waals surface area contributed by atoms with E-state index in [-0.39, 0.29) is 24.2 Å². The summed E-state index contributed by atoms with van der Waals surface area (Å²) in [7, 11) is 3.11. The molecule has 0 radical (unpaired) electrons. The molecule has 0 spiro atoms. The third-order valence-electron chi connectivity index (χ3n) is 2.64. The fraction of sp³-hybridized carbons (Fsp3) is 0.462. The summed E-state index contributed by atoms with van der Waals surface area (Å²) >= 11 is 0. The summed E-state index contributed by atoms with van der Waals surface area (Å²) < 4.78 is 10.2. The van der Waals surface area contributed by atoms with E-state index in [2.05, 4.69) is 5.32 Å². The number of nitrogens with one attached hydrogen (secondary N) is 1. The van der Waals surface area contributed by atoms with Crippen molar-refractivity contribution in [2.45, 2.75) is 19.9 Å². The van der Waals surface area contributed by atoms with E-state index in [9.17, 15) is 4.79 Å². The zero-order valence-electron chi connectivity index (χ0n) is 11.6. The highest BCUT2D eigenvalue weighted by Gasteiger charge is 2.17. The predicted octanol–water partition coefficient (Wildman–Crippen LogP) is 2.05. The first-order valence-corrected chi connectivity index (χ1v) is 5.77. The van der Waals surface area contributed by atoms with Crippen LogP contribution in [-0.2, 0) is 4.79 Å². The quantitative estimate of drug-likeness (QED) is 0.870. The van der Waals surface area contributed by atoms with E-state index in [0.29, 0.717) is 17.2 Å². The zero-order valence-corrected chi connectivity index (χ0v) is 12.4. The second kappa shape index (κ2) is 7.86. The first-order chi connectivity index (χ1) is 8.47. The van der Waals surface area contributed by atoms with Gasteiger partial charge < -0.3 is 20.5 Å². The van der Waals surface area contributed by atoms with Crippen LogP contribution in [0.5, 0.6) is 11.5 Å². The molecule has 0 fully saturated rings. The molecule has 0 aliphatic carbocycles. The first kappa shape index (κ1) is 17.5. The second-order valence-corrected chi connectivity index (χ2v) is 4.36. The molecule has 0 saturated carbocycles. The average molecular weight is 289 g/mol. The highest BCUT2D eigenvalue weighted by molar-refractivity contribution is 5.95. The van der Waals surface area contributed by atoms with Crippen molar-refractivity contribution in [3.05, 3.63) is 18.2 Å². The molecular formula is C13H21ClN2O3. The van der Waals surface area contributed by atoms with Crippen LogP contribution in [0.3, 0.4) is 0 Å². The van der Waals surface area contributed by atoms with Gasteiger partial charge in [0.05, 0.1) is 20.3 Å². The Morgan fingerprint density at radius 3 is 2.00 bits per heavy atom. The average Bonchev–Trinajstić information content (AvgIpc) is 2.36. The summed E-state index contributed by atoms with van der Waals surface area (Å²) in [6.45, 7) is 3.80. The number of rotatable bonds is 5. The molecule has 0 aliphatic rings. The van der Waals surface area contributed by atoms with Gasteiger partial charge in [-0.1, -0.05) is 13.8 Å². The minimum absolute atomic E-state index is 0. The zero-order chi connectivity index (χ0) is 13.7. The van der Waals surface area contributed by atoms with Crippen LogP contribution in [0.1, 0.15) is 13.8 Å². The van der Waals surface area contributed by atoms with Crippen LogP contribution in [-0.4, -0.2) is 26.2 Å². The number of anilines is 1. The summed E-state index contributed by atoms with van der Waals surface area (Å²) in [6.07, 6.45) is 0. The molecule has 0 aromatic heterocycles. The fourth-order valence-electron chi connectivity index (χ4n) is 1.41. The van der Waals surface area contributed by atoms with Crippen molar-refractivity contribution in [3.63, 3.8) is 0 Å². The molecule has 5 nitrogen and oxygen atoms in total. The summed E-state index contributed by atoms with van der Waals surface area (Å²) in [4.78, 5) is 11.8. The van der Waals surface area contributed by atoms with Crippen molar-refractivity contribution in [1.29, 1.82) is 0 Å². The lowest BCUT2D eigenvalue weighted by molar-refractivity contribution is -0.118. The standard InChI is InChI=1S/C13H20N2O3.ClH/c1-8(2)12(14)13(16)15-9-5-10(17-3)7-11(6-9)18-4;/h5-8,12H,14H2,1-4H3,(H,15,16);1H. The first-order valence-electron chi connectivity index (χ1n) is 5.77. The molecule has 0 aliphatic heterocycles. The third-order valence-corrected chi connectivity index (χ3v) is 2.64. The van der Waals surface area contributed by atoms with Gasteiger partial charge in [-0.15, -0.1) is 12.4 Å². The van der Waals surface area contributed by atoms with E-state index in [1.54, 1.807) is 32.4 Å². The van der Waals surface area contributed by atoms with E-state index >= 15 is 0 Å². The minimum Gasteiger partial charge on any atom is -0.497 e. The Bertz CT molecular complexity index is 402. The predicted molar refractivity (Wildman–Crippen MR) is 78.2 cm³/mol. The van der Waals surface area contributed by atoms with Gasteiger partial charge in [-0.05, 0) is 5.92 Å². The third kappa shape index (κ3) is 4.96. The molecule has 3 N–H and O–H groups in total. The van der Waals surface area contributed by atoms with Crippen molar-refractivity contribution in [2.24, 2.45) is 11.7 Å². The largest absolute Gasteiger partial charge is 0.497 e. The maximum absolute atomic E-state index is 11.8. The van der Waals surface area contributed by atoms with Gasteiger partial charge in [0.2, 0.25) is 5.91 Å². The van der Waals surface area contributed by atoms with E-state index in [0.717, 1.165) is 0 Å². The monoisotopic (exact) mass is 288 g/mol. The van der Waals surface area contributed by atoms with Crippen LogP contribution in [0.25, 0.3) is 0 Å². The normalized spacial score (nSPS) is 11.5. The fourth-order valence-corrected chi connectivity index (χ4v) is 1.41. The molecule has 0 bridgehead atoms. The maximum Gasteiger partial charge on any atom is 0.241 e. The number of hydrogen-bond acceptors (Lipinski definition) is 4. The van der Waals surface area contributed by atoms with Crippen LogP contribution in [0.4, 0.5) is 5.69 Å². The molecular weight excluding hydrogens is 268 g/mol. The molecule has 1 unspecified atom stereocenters. The smallest absolute Gasteiger partial charge is 0.241 e. The second-order valence-electron chi connectivity index (χ2n) is 4.36. The van der Waals surface area contributed by atoms with E-state index in [4.69, 9.17) is 15.2 Å². The maximum atomic E-state index is 11.8. The van der Waals surface area contributed by atoms with Crippen LogP contribution < -0.4 is 20.5 Å². The van der Waals surface area contributed by atoms with Crippen LogP contribution in [0.2, 0.25) is 0 Å². The van der Waals surface area contributed by atoms with Gasteiger partial charge in [-0.3, -0.25) is 4.79 Å². The highest BCUT2D eigenvalue weighted by Crippen LogP contribution is 2.25. The molecule has 0 saturated heterocycles. The summed E-state index contributed by atoms with van der Waals surface area (Å²) in [6, 6.07) is 4.63. The Morgan fingerprint density at radius 1 is 1.16 bits per heavy atom. The SMILES string of the molecule is COc1cc(NC(=O)C(N)C(C)C)cc(OC)c1.Cl. The number of carbonyl (C=O) groups excluding carboxylic acids is 1. The number of amides is 1. The lowest BCUT2D eigenvalue weighted by Gasteiger charge is -2.16. The molecule has 1 atom stereocenters. The Balaban J connectivity index is 0.00000324. The topological polar surface area (TPSA) is 73.6 Å². The molecule has 1 amide bonds. The lowest BCUT2D eigenvalue weighted by atomic mass is 10.0. The Morgan fingerprint density at radius 2 is 1.63 bits per heavy atom. The van der Waals surface area contributed by atoms with Crippen molar-refractivity contribution in [3.8, 4) is 11.5 Å². The number of carbonyl (C=O) groups is 1.